The molecule has 1 amide bonds. The second-order valence-electron chi connectivity index (χ2n) is 4.76. The topological polar surface area (TPSA) is 139 Å². The predicted octanol–water partition coefficient (Wildman–Crippen LogP) is -3.12. The van der Waals surface area contributed by atoms with Gasteiger partial charge in [0.15, 0.2) is 5.79 Å². The summed E-state index contributed by atoms with van der Waals surface area (Å²) >= 11 is 0. The number of hydrogen-bond acceptors (Lipinski definition) is 7. The van der Waals surface area contributed by atoms with Crippen LogP contribution in [0.4, 0.5) is 0 Å². The molecule has 0 unspecified atom stereocenters. The highest BCUT2D eigenvalue weighted by atomic mass is 16.6. The lowest BCUT2D eigenvalue weighted by atomic mass is 9.89. The van der Waals surface area contributed by atoms with Crippen LogP contribution in [0.15, 0.2) is 0 Å². The Bertz CT molecular complexity index is 322. The van der Waals surface area contributed by atoms with Crippen LogP contribution >= 0.6 is 0 Å². The normalized spacial score (nSPS) is 38.6. The van der Waals surface area contributed by atoms with Gasteiger partial charge in [0, 0.05) is 6.92 Å². The Labute approximate surface area is 110 Å². The van der Waals surface area contributed by atoms with Crippen molar-refractivity contribution in [1.82, 2.24) is 5.32 Å². The molecule has 111 valence electrons. The second kappa shape index (κ2) is 6.12. The van der Waals surface area contributed by atoms with E-state index >= 15 is 0 Å². The number of aliphatic hydroxyl groups is 5. The summed E-state index contributed by atoms with van der Waals surface area (Å²) in [5.74, 6) is -2.30. The summed E-state index contributed by atoms with van der Waals surface area (Å²) < 4.78 is 5.15. The minimum absolute atomic E-state index is 0.474. The molecule has 1 aliphatic rings. The average molecular weight is 278 g/mol. The SMILES string of the molecule is CC(=O)N[C@H]1[C@H]([C@H](O)[C@H](O)CO)O[C@@](C)(O)[CH][C@@H]1O. The number of aliphatic hydroxyl groups excluding tert-OH is 4. The minimum Gasteiger partial charge on any atom is -0.394 e. The van der Waals surface area contributed by atoms with Crippen molar-refractivity contribution in [3.63, 3.8) is 0 Å². The van der Waals surface area contributed by atoms with Crippen LogP contribution < -0.4 is 5.32 Å². The molecule has 1 saturated heterocycles. The first-order valence-corrected chi connectivity index (χ1v) is 5.86. The van der Waals surface area contributed by atoms with Crippen molar-refractivity contribution in [2.45, 2.75) is 50.1 Å². The van der Waals surface area contributed by atoms with Gasteiger partial charge in [-0.25, -0.2) is 0 Å². The van der Waals surface area contributed by atoms with E-state index in [1.165, 1.54) is 13.8 Å². The molecular weight excluding hydrogens is 258 g/mol. The third kappa shape index (κ3) is 4.10. The molecular formula is C11H20NO7. The third-order valence-electron chi connectivity index (χ3n) is 2.86. The molecule has 1 radical (unpaired) electrons. The number of amides is 1. The first kappa shape index (κ1) is 16.3. The summed E-state index contributed by atoms with van der Waals surface area (Å²) in [6, 6.07) is -1.05. The van der Waals surface area contributed by atoms with Crippen molar-refractivity contribution < 1.29 is 35.1 Å². The van der Waals surface area contributed by atoms with Gasteiger partial charge in [0.1, 0.15) is 18.3 Å². The zero-order valence-electron chi connectivity index (χ0n) is 10.7. The zero-order valence-corrected chi connectivity index (χ0v) is 10.7. The van der Waals surface area contributed by atoms with Gasteiger partial charge < -0.3 is 35.6 Å². The standard InChI is InChI=1S/C11H20NO7/c1-5(14)12-8-6(15)3-11(2,18)19-10(8)9(17)7(16)4-13/h3,6-10,13,15-18H,4H2,1-2H3,(H,12,14)/t6-,7+,8+,9+,10+,11+/m0/s1. The van der Waals surface area contributed by atoms with Gasteiger partial charge in [-0.2, -0.15) is 0 Å². The number of ether oxygens (including phenoxy) is 1. The van der Waals surface area contributed by atoms with Gasteiger partial charge in [0.25, 0.3) is 0 Å². The molecule has 0 aromatic heterocycles. The van der Waals surface area contributed by atoms with Crippen LogP contribution in [0.5, 0.6) is 0 Å². The van der Waals surface area contributed by atoms with Crippen LogP contribution in [-0.2, 0) is 9.53 Å². The molecule has 0 saturated carbocycles. The van der Waals surface area contributed by atoms with E-state index in [-0.39, 0.29) is 0 Å². The highest BCUT2D eigenvalue weighted by Gasteiger charge is 2.48. The molecule has 0 aromatic rings. The zero-order chi connectivity index (χ0) is 14.8. The van der Waals surface area contributed by atoms with Crippen molar-refractivity contribution in [1.29, 1.82) is 0 Å². The average Bonchev–Trinajstić information content (AvgIpc) is 2.29. The van der Waals surface area contributed by atoms with E-state index in [2.05, 4.69) is 5.32 Å². The number of carbonyl (C=O) groups excluding carboxylic acids is 1. The molecule has 6 N–H and O–H groups in total. The van der Waals surface area contributed by atoms with E-state index in [1.54, 1.807) is 0 Å². The first-order chi connectivity index (χ1) is 8.68. The molecule has 19 heavy (non-hydrogen) atoms. The quantitative estimate of drug-likeness (QED) is 0.320. The number of rotatable bonds is 4. The van der Waals surface area contributed by atoms with E-state index in [9.17, 15) is 25.2 Å². The van der Waals surface area contributed by atoms with Crippen LogP contribution in [0.25, 0.3) is 0 Å². The summed E-state index contributed by atoms with van der Waals surface area (Å²) in [6.45, 7) is 1.73. The van der Waals surface area contributed by atoms with Gasteiger partial charge in [-0.05, 0) is 6.92 Å². The van der Waals surface area contributed by atoms with Gasteiger partial charge >= 0.3 is 0 Å². The summed E-state index contributed by atoms with van der Waals surface area (Å²) in [4.78, 5) is 11.1. The highest BCUT2D eigenvalue weighted by molar-refractivity contribution is 5.73. The summed E-state index contributed by atoms with van der Waals surface area (Å²) in [6.07, 6.45) is -4.61. The van der Waals surface area contributed by atoms with E-state index in [1.807, 2.05) is 0 Å². The molecule has 1 heterocycles. The maximum absolute atomic E-state index is 11.1. The Kier molecular flexibility index (Phi) is 5.25. The van der Waals surface area contributed by atoms with Crippen molar-refractivity contribution in [3.05, 3.63) is 6.42 Å². The molecule has 8 heteroatoms. The summed E-state index contributed by atoms with van der Waals surface area (Å²) in [5.41, 5.74) is 0. The molecule has 0 aliphatic carbocycles. The molecule has 0 spiro atoms. The Morgan fingerprint density at radius 1 is 1.53 bits per heavy atom. The maximum Gasteiger partial charge on any atom is 0.217 e. The maximum atomic E-state index is 11.1. The minimum atomic E-state index is -1.82. The number of carbonyl (C=O) groups is 1. The van der Waals surface area contributed by atoms with Gasteiger partial charge in [-0.15, -0.1) is 0 Å². The molecule has 1 rings (SSSR count). The van der Waals surface area contributed by atoms with Gasteiger partial charge in [-0.3, -0.25) is 4.79 Å². The monoisotopic (exact) mass is 278 g/mol. The van der Waals surface area contributed by atoms with Crippen molar-refractivity contribution >= 4 is 5.91 Å². The van der Waals surface area contributed by atoms with E-state index in [0.717, 1.165) is 6.42 Å². The summed E-state index contributed by atoms with van der Waals surface area (Å²) in [7, 11) is 0. The van der Waals surface area contributed by atoms with Gasteiger partial charge in [-0.1, -0.05) is 0 Å². The van der Waals surface area contributed by atoms with Crippen LogP contribution in [0, 0.1) is 6.42 Å². The van der Waals surface area contributed by atoms with Crippen molar-refractivity contribution in [2.75, 3.05) is 6.61 Å². The molecule has 8 nitrogen and oxygen atoms in total. The fraction of sp³-hybridized carbons (Fsp3) is 0.818. The molecule has 0 bridgehead atoms. The molecule has 6 atom stereocenters. The van der Waals surface area contributed by atoms with Crippen LogP contribution in [-0.4, -0.2) is 74.3 Å². The summed E-state index contributed by atoms with van der Waals surface area (Å²) in [5, 5.41) is 50.1. The van der Waals surface area contributed by atoms with Crippen LogP contribution in [0.2, 0.25) is 0 Å². The highest BCUT2D eigenvalue weighted by Crippen LogP contribution is 2.28. The van der Waals surface area contributed by atoms with Crippen LogP contribution in [0.1, 0.15) is 13.8 Å². The smallest absolute Gasteiger partial charge is 0.217 e. The number of hydrogen-bond donors (Lipinski definition) is 6. The Morgan fingerprint density at radius 2 is 2.11 bits per heavy atom. The lowest BCUT2D eigenvalue weighted by molar-refractivity contribution is -0.265. The van der Waals surface area contributed by atoms with Gasteiger partial charge in [0.2, 0.25) is 5.91 Å². The van der Waals surface area contributed by atoms with Crippen LogP contribution in [0.3, 0.4) is 0 Å². The molecule has 1 fully saturated rings. The fourth-order valence-corrected chi connectivity index (χ4v) is 2.01. The Morgan fingerprint density at radius 3 is 2.58 bits per heavy atom. The molecule has 0 aromatic carbocycles. The lowest BCUT2D eigenvalue weighted by Gasteiger charge is -2.45. The predicted molar refractivity (Wildman–Crippen MR) is 62.5 cm³/mol. The van der Waals surface area contributed by atoms with E-state index in [0.29, 0.717) is 0 Å². The lowest BCUT2D eigenvalue weighted by Crippen LogP contribution is -2.65. The van der Waals surface area contributed by atoms with E-state index < -0.39 is 48.8 Å². The van der Waals surface area contributed by atoms with Crippen molar-refractivity contribution in [2.24, 2.45) is 0 Å². The Hall–Kier alpha value is -0.770. The first-order valence-electron chi connectivity index (χ1n) is 5.86. The van der Waals surface area contributed by atoms with Gasteiger partial charge in [0.05, 0.1) is 25.2 Å². The van der Waals surface area contributed by atoms with Crippen molar-refractivity contribution in [3.8, 4) is 0 Å². The largest absolute Gasteiger partial charge is 0.394 e. The second-order valence-corrected chi connectivity index (χ2v) is 4.76. The Balaban J connectivity index is 2.93. The molecule has 1 aliphatic heterocycles. The fourth-order valence-electron chi connectivity index (χ4n) is 2.01. The third-order valence-corrected chi connectivity index (χ3v) is 2.86. The van der Waals surface area contributed by atoms with E-state index in [4.69, 9.17) is 9.84 Å². The number of nitrogens with one attached hydrogen (secondary N) is 1.